The maximum Gasteiger partial charge on any atom is 0.254 e. The lowest BCUT2D eigenvalue weighted by atomic mass is 9.92. The summed E-state index contributed by atoms with van der Waals surface area (Å²) in [6.45, 7) is 3.12. The minimum Gasteiger partial charge on any atom is -0.366 e. The maximum absolute atomic E-state index is 13.3. The molecule has 3 amide bonds. The minimum atomic E-state index is -0.576. The molecule has 0 saturated carbocycles. The second-order valence-electron chi connectivity index (χ2n) is 10.3. The van der Waals surface area contributed by atoms with Gasteiger partial charge in [0.15, 0.2) is 5.82 Å². The number of carbonyl (C=O) groups excluding carboxylic acids is 3. The summed E-state index contributed by atoms with van der Waals surface area (Å²) in [5.74, 6) is -0.657. The number of primary amides is 1. The molecular weight excluding hydrogens is 536 g/mol. The third-order valence-corrected chi connectivity index (χ3v) is 7.71. The highest BCUT2D eigenvalue weighted by Crippen LogP contribution is 2.39. The lowest BCUT2D eigenvalue weighted by Gasteiger charge is -2.32. The maximum atomic E-state index is 13.3. The molecule has 1 fully saturated rings. The number of aromatic nitrogens is 5. The molecule has 0 atom stereocenters. The predicted molar refractivity (Wildman–Crippen MR) is 158 cm³/mol. The Labute approximate surface area is 240 Å². The van der Waals surface area contributed by atoms with Crippen molar-refractivity contribution in [3.63, 3.8) is 0 Å². The van der Waals surface area contributed by atoms with Crippen LogP contribution >= 0.6 is 0 Å². The molecule has 13 nitrogen and oxygen atoms in total. The van der Waals surface area contributed by atoms with Crippen LogP contribution in [0.4, 0.5) is 5.69 Å². The fourth-order valence-electron chi connectivity index (χ4n) is 5.54. The van der Waals surface area contributed by atoms with E-state index >= 15 is 0 Å². The van der Waals surface area contributed by atoms with E-state index in [0.717, 1.165) is 35.0 Å². The van der Waals surface area contributed by atoms with Crippen molar-refractivity contribution in [2.24, 2.45) is 11.5 Å². The van der Waals surface area contributed by atoms with Crippen LogP contribution in [0.25, 0.3) is 32.9 Å². The van der Waals surface area contributed by atoms with Crippen molar-refractivity contribution in [3.05, 3.63) is 71.0 Å². The van der Waals surface area contributed by atoms with Gasteiger partial charge >= 0.3 is 0 Å². The molecule has 1 aliphatic rings. The molecule has 6 rings (SSSR count). The Morgan fingerprint density at radius 1 is 1.02 bits per heavy atom. The lowest BCUT2D eigenvalue weighted by molar-refractivity contribution is -0.115. The van der Waals surface area contributed by atoms with Gasteiger partial charge in [-0.25, -0.2) is 0 Å². The smallest absolute Gasteiger partial charge is 0.254 e. The molecule has 42 heavy (non-hydrogen) atoms. The Bertz CT molecular complexity index is 1820. The highest BCUT2D eigenvalue weighted by Gasteiger charge is 2.23. The number of rotatable bonds is 7. The number of amides is 3. The number of anilines is 1. The first-order chi connectivity index (χ1) is 20.3. The van der Waals surface area contributed by atoms with Crippen LogP contribution < -0.4 is 16.8 Å². The van der Waals surface area contributed by atoms with E-state index in [9.17, 15) is 14.4 Å². The van der Waals surface area contributed by atoms with Crippen molar-refractivity contribution < 1.29 is 14.4 Å². The molecule has 3 heterocycles. The quantitative estimate of drug-likeness (QED) is 0.196. The number of benzene rings is 3. The zero-order valence-corrected chi connectivity index (χ0v) is 23.0. The normalized spacial score (nSPS) is 14.0. The Hall–Kier alpha value is -5.14. The summed E-state index contributed by atoms with van der Waals surface area (Å²) in [5, 5.41) is 18.0. The number of aromatic amines is 2. The van der Waals surface area contributed by atoms with Crippen LogP contribution in [0.15, 0.2) is 48.5 Å². The Morgan fingerprint density at radius 2 is 1.83 bits per heavy atom. The zero-order chi connectivity index (χ0) is 29.4. The number of H-pyrrole nitrogens is 2. The third kappa shape index (κ3) is 4.95. The molecule has 5 aromatic rings. The van der Waals surface area contributed by atoms with Crippen molar-refractivity contribution in [1.29, 1.82) is 0 Å². The van der Waals surface area contributed by atoms with E-state index in [1.807, 2.05) is 48.3 Å². The van der Waals surface area contributed by atoms with E-state index in [1.54, 1.807) is 12.1 Å². The summed E-state index contributed by atoms with van der Waals surface area (Å²) in [6.07, 6.45) is -0.0556. The fraction of sp³-hybridized carbons (Fsp3) is 0.241. The number of hydrogen-bond donors (Lipinski definition) is 5. The number of carbonyl (C=O) groups is 3. The average molecular weight is 567 g/mol. The monoisotopic (exact) mass is 566 g/mol. The second kappa shape index (κ2) is 11.0. The van der Waals surface area contributed by atoms with Gasteiger partial charge < -0.3 is 31.6 Å². The summed E-state index contributed by atoms with van der Waals surface area (Å²) in [6, 6.07) is 14.6. The highest BCUT2D eigenvalue weighted by molar-refractivity contribution is 6.20. The molecule has 1 saturated heterocycles. The van der Waals surface area contributed by atoms with E-state index in [2.05, 4.69) is 35.8 Å². The van der Waals surface area contributed by atoms with Gasteiger partial charge in [0.25, 0.3) is 11.8 Å². The summed E-state index contributed by atoms with van der Waals surface area (Å²) in [5.41, 5.74) is 17.0. The predicted octanol–water partition coefficient (Wildman–Crippen LogP) is 1.63. The first-order valence-corrected chi connectivity index (χ1v) is 13.5. The lowest BCUT2D eigenvalue weighted by Crippen LogP contribution is -2.47. The van der Waals surface area contributed by atoms with Crippen LogP contribution in [-0.4, -0.2) is 86.4 Å². The van der Waals surface area contributed by atoms with Crippen LogP contribution in [0.3, 0.4) is 0 Å². The average Bonchev–Trinajstić information content (AvgIpc) is 3.64. The third-order valence-electron chi connectivity index (χ3n) is 7.71. The second-order valence-corrected chi connectivity index (χ2v) is 10.3. The number of piperazine rings is 1. The standard InChI is InChI=1S/C29H30N10O3/c1-38-9-11-39(12-10-38)29(42)16-5-6-19-23(13-16)33-27-20(28(31)41)8-7-18(26(19)27)17-3-2-4-22(21(17)15-30)32-25(40)14-24-34-36-37-35-24/h2-8,13,33H,9-12,14-15,30H2,1H3,(H2,31,41)(H,32,40)(H,34,35,36,37). The number of fused-ring (bicyclic) bond motifs is 3. The summed E-state index contributed by atoms with van der Waals surface area (Å²) >= 11 is 0. The number of nitrogens with zero attached hydrogens (tertiary/aromatic N) is 5. The topological polar surface area (TPSA) is 192 Å². The van der Waals surface area contributed by atoms with Gasteiger partial charge in [0.05, 0.1) is 17.5 Å². The Balaban J connectivity index is 1.44. The summed E-state index contributed by atoms with van der Waals surface area (Å²) in [7, 11) is 2.04. The van der Waals surface area contributed by atoms with Crippen LogP contribution in [0.1, 0.15) is 32.1 Å². The fourth-order valence-corrected chi connectivity index (χ4v) is 5.54. The van der Waals surface area contributed by atoms with Gasteiger partial charge in [-0.2, -0.15) is 5.21 Å². The van der Waals surface area contributed by atoms with Crippen molar-refractivity contribution >= 4 is 45.2 Å². The van der Waals surface area contributed by atoms with Gasteiger partial charge in [-0.3, -0.25) is 14.4 Å². The first-order valence-electron chi connectivity index (χ1n) is 13.5. The van der Waals surface area contributed by atoms with E-state index in [1.165, 1.54) is 0 Å². The van der Waals surface area contributed by atoms with Crippen LogP contribution in [-0.2, 0) is 17.8 Å². The number of hydrogen-bond acceptors (Lipinski definition) is 8. The van der Waals surface area contributed by atoms with E-state index in [-0.39, 0.29) is 30.6 Å². The summed E-state index contributed by atoms with van der Waals surface area (Å²) in [4.78, 5) is 45.8. The molecule has 13 heteroatoms. The van der Waals surface area contributed by atoms with Crippen molar-refractivity contribution in [2.75, 3.05) is 38.5 Å². The molecule has 0 aliphatic carbocycles. The van der Waals surface area contributed by atoms with Gasteiger partial charge in [-0.05, 0) is 48.0 Å². The minimum absolute atomic E-state index is 0.0336. The SMILES string of the molecule is CN1CCN(C(=O)c2ccc3c(c2)[nH]c2c(C(N)=O)ccc(-c4cccc(NC(=O)Cc5nn[nH]n5)c4CN)c23)CC1. The Kier molecular flexibility index (Phi) is 7.10. The number of nitrogens with two attached hydrogens (primary N) is 2. The van der Waals surface area contributed by atoms with Gasteiger partial charge in [-0.1, -0.05) is 29.5 Å². The highest BCUT2D eigenvalue weighted by atomic mass is 16.2. The van der Waals surface area contributed by atoms with Gasteiger partial charge in [0.2, 0.25) is 5.91 Å². The number of nitrogens with one attached hydrogen (secondary N) is 3. The van der Waals surface area contributed by atoms with Gasteiger partial charge in [0, 0.05) is 60.3 Å². The molecule has 0 unspecified atom stereocenters. The zero-order valence-electron chi connectivity index (χ0n) is 23.0. The van der Waals surface area contributed by atoms with Crippen molar-refractivity contribution in [2.45, 2.75) is 13.0 Å². The van der Waals surface area contributed by atoms with Crippen LogP contribution in [0, 0.1) is 0 Å². The molecule has 3 aromatic carbocycles. The van der Waals surface area contributed by atoms with Crippen molar-refractivity contribution in [1.82, 2.24) is 35.4 Å². The number of tetrazole rings is 1. The van der Waals surface area contributed by atoms with Crippen LogP contribution in [0.5, 0.6) is 0 Å². The molecule has 0 bridgehead atoms. The molecule has 0 radical (unpaired) electrons. The van der Waals surface area contributed by atoms with Crippen molar-refractivity contribution in [3.8, 4) is 11.1 Å². The molecular formula is C29H30N10O3. The number of likely N-dealkylation sites (N-methyl/N-ethyl adjacent to an activating group) is 1. The molecule has 214 valence electrons. The van der Waals surface area contributed by atoms with E-state index in [0.29, 0.717) is 46.5 Å². The molecule has 7 N–H and O–H groups in total. The van der Waals surface area contributed by atoms with E-state index < -0.39 is 5.91 Å². The Morgan fingerprint density at radius 3 is 2.55 bits per heavy atom. The van der Waals surface area contributed by atoms with E-state index in [4.69, 9.17) is 11.5 Å². The molecule has 2 aromatic heterocycles. The largest absolute Gasteiger partial charge is 0.366 e. The summed E-state index contributed by atoms with van der Waals surface area (Å²) < 4.78 is 0. The molecule has 0 spiro atoms. The van der Waals surface area contributed by atoms with Crippen LogP contribution in [0.2, 0.25) is 0 Å². The molecule has 1 aliphatic heterocycles. The first kappa shape index (κ1) is 27.1. The van der Waals surface area contributed by atoms with Gasteiger partial charge in [0.1, 0.15) is 0 Å². The van der Waals surface area contributed by atoms with Gasteiger partial charge in [-0.15, -0.1) is 10.2 Å².